The molecule has 10 heteroatoms. The normalized spacial score (nSPS) is 25.9. The van der Waals surface area contributed by atoms with Gasteiger partial charge in [-0.25, -0.2) is 8.78 Å². The van der Waals surface area contributed by atoms with Crippen molar-refractivity contribution in [2.45, 2.75) is 75.3 Å². The number of hydrogen-bond acceptors (Lipinski definition) is 6. The van der Waals surface area contributed by atoms with E-state index >= 15 is 0 Å². The molecule has 1 aromatic heterocycles. The SMILES string of the molecule is N[C@@H](CC(=O)N1CCC[C@H]1c1nc(C2CCC2)no1)CN1CC(F)(F)CCC1=O. The summed E-state index contributed by atoms with van der Waals surface area (Å²) >= 11 is 0. The number of nitrogens with two attached hydrogens (primary N) is 1. The number of aromatic nitrogens is 2. The van der Waals surface area contributed by atoms with Crippen LogP contribution in [0.1, 0.15) is 75.0 Å². The molecule has 2 saturated heterocycles. The zero-order chi connectivity index (χ0) is 20.6. The Morgan fingerprint density at radius 3 is 2.83 bits per heavy atom. The Morgan fingerprint density at radius 2 is 2.10 bits per heavy atom. The third-order valence-corrected chi connectivity index (χ3v) is 6.16. The predicted molar refractivity (Wildman–Crippen MR) is 97.9 cm³/mol. The van der Waals surface area contributed by atoms with E-state index in [-0.39, 0.29) is 37.2 Å². The molecular formula is C19H27F2N5O3. The van der Waals surface area contributed by atoms with Gasteiger partial charge in [-0.1, -0.05) is 11.6 Å². The van der Waals surface area contributed by atoms with E-state index in [1.165, 1.54) is 6.42 Å². The van der Waals surface area contributed by atoms with Gasteiger partial charge in [0.15, 0.2) is 5.82 Å². The average molecular weight is 411 g/mol. The summed E-state index contributed by atoms with van der Waals surface area (Å²) in [5.41, 5.74) is 6.04. The van der Waals surface area contributed by atoms with Crippen LogP contribution in [0.25, 0.3) is 0 Å². The van der Waals surface area contributed by atoms with Crippen LogP contribution in [0.4, 0.5) is 8.78 Å². The van der Waals surface area contributed by atoms with Crippen molar-refractivity contribution in [1.29, 1.82) is 0 Å². The summed E-state index contributed by atoms with van der Waals surface area (Å²) in [6.07, 6.45) is 4.22. The second kappa shape index (κ2) is 7.97. The summed E-state index contributed by atoms with van der Waals surface area (Å²) in [6.45, 7) is -0.116. The summed E-state index contributed by atoms with van der Waals surface area (Å²) in [6, 6.07) is -0.966. The number of rotatable bonds is 6. The van der Waals surface area contributed by atoms with E-state index in [1.807, 2.05) is 0 Å². The zero-order valence-electron chi connectivity index (χ0n) is 16.4. The van der Waals surface area contributed by atoms with Crippen molar-refractivity contribution in [2.24, 2.45) is 5.73 Å². The van der Waals surface area contributed by atoms with Crippen molar-refractivity contribution in [3.05, 3.63) is 11.7 Å². The van der Waals surface area contributed by atoms with Crippen LogP contribution in [0, 0.1) is 0 Å². The Bertz CT molecular complexity index is 767. The Balaban J connectivity index is 1.34. The lowest BCUT2D eigenvalue weighted by molar-refractivity contribution is -0.148. The summed E-state index contributed by atoms with van der Waals surface area (Å²) < 4.78 is 32.6. The van der Waals surface area contributed by atoms with Crippen molar-refractivity contribution in [3.8, 4) is 0 Å². The van der Waals surface area contributed by atoms with Crippen LogP contribution in [0.15, 0.2) is 4.52 Å². The fourth-order valence-electron chi connectivity index (χ4n) is 4.29. The number of carbonyl (C=O) groups excluding carboxylic acids is 2. The molecule has 2 N–H and O–H groups in total. The molecule has 1 aliphatic carbocycles. The number of carbonyl (C=O) groups is 2. The molecule has 0 aromatic carbocycles. The number of hydrogen-bond donors (Lipinski definition) is 1. The van der Waals surface area contributed by atoms with Crippen LogP contribution >= 0.6 is 0 Å². The first-order chi connectivity index (χ1) is 13.8. The lowest BCUT2D eigenvalue weighted by atomic mass is 9.85. The van der Waals surface area contributed by atoms with E-state index in [9.17, 15) is 18.4 Å². The largest absolute Gasteiger partial charge is 0.337 e. The Hall–Kier alpha value is -2.10. The molecule has 0 unspecified atom stereocenters. The molecule has 1 saturated carbocycles. The number of likely N-dealkylation sites (tertiary alicyclic amines) is 2. The molecule has 2 amide bonds. The maximum absolute atomic E-state index is 13.6. The molecule has 3 aliphatic rings. The van der Waals surface area contributed by atoms with Crippen molar-refractivity contribution in [2.75, 3.05) is 19.6 Å². The van der Waals surface area contributed by atoms with Crippen molar-refractivity contribution < 1.29 is 22.9 Å². The average Bonchev–Trinajstić information content (AvgIpc) is 3.25. The van der Waals surface area contributed by atoms with Gasteiger partial charge in [-0.3, -0.25) is 9.59 Å². The van der Waals surface area contributed by atoms with Crippen LogP contribution in [-0.2, 0) is 9.59 Å². The summed E-state index contributed by atoms with van der Waals surface area (Å²) in [4.78, 5) is 32.0. The minimum Gasteiger partial charge on any atom is -0.337 e. The maximum atomic E-state index is 13.6. The Labute approximate surface area is 167 Å². The molecule has 1 aromatic rings. The van der Waals surface area contributed by atoms with E-state index in [1.54, 1.807) is 4.90 Å². The van der Waals surface area contributed by atoms with Crippen LogP contribution in [0.2, 0.25) is 0 Å². The van der Waals surface area contributed by atoms with Gasteiger partial charge >= 0.3 is 0 Å². The van der Waals surface area contributed by atoms with Gasteiger partial charge in [-0.2, -0.15) is 4.98 Å². The molecule has 2 aliphatic heterocycles. The molecule has 2 atom stereocenters. The number of alkyl halides is 2. The highest BCUT2D eigenvalue weighted by Gasteiger charge is 2.40. The van der Waals surface area contributed by atoms with Gasteiger partial charge in [-0.15, -0.1) is 0 Å². The molecule has 3 fully saturated rings. The van der Waals surface area contributed by atoms with E-state index < -0.39 is 24.9 Å². The molecule has 29 heavy (non-hydrogen) atoms. The third kappa shape index (κ3) is 4.41. The third-order valence-electron chi connectivity index (χ3n) is 6.16. The smallest absolute Gasteiger partial charge is 0.265 e. The van der Waals surface area contributed by atoms with Gasteiger partial charge in [0.2, 0.25) is 17.7 Å². The van der Waals surface area contributed by atoms with Gasteiger partial charge in [0.25, 0.3) is 5.92 Å². The molecule has 0 bridgehead atoms. The summed E-state index contributed by atoms with van der Waals surface area (Å²) in [7, 11) is 0. The summed E-state index contributed by atoms with van der Waals surface area (Å²) in [5, 5.41) is 4.07. The minimum atomic E-state index is -2.90. The highest BCUT2D eigenvalue weighted by molar-refractivity contribution is 5.79. The highest BCUT2D eigenvalue weighted by atomic mass is 19.3. The van der Waals surface area contributed by atoms with Crippen LogP contribution < -0.4 is 5.73 Å². The van der Waals surface area contributed by atoms with Gasteiger partial charge in [0.1, 0.15) is 6.04 Å². The van der Waals surface area contributed by atoms with Gasteiger partial charge in [0, 0.05) is 44.3 Å². The molecule has 3 heterocycles. The monoisotopic (exact) mass is 411 g/mol. The van der Waals surface area contributed by atoms with Crippen molar-refractivity contribution in [3.63, 3.8) is 0 Å². The van der Waals surface area contributed by atoms with Crippen LogP contribution in [0.3, 0.4) is 0 Å². The number of piperidine rings is 1. The standard InChI is InChI=1S/C19H27F2N5O3/c20-19(21)7-6-15(27)25(11-19)10-13(22)9-16(28)26-8-2-5-14(26)18-23-17(24-29-18)12-3-1-4-12/h12-14H,1-11,22H2/t13-,14-/m0/s1. The van der Waals surface area contributed by atoms with E-state index in [0.29, 0.717) is 24.2 Å². The maximum Gasteiger partial charge on any atom is 0.265 e. The fourth-order valence-corrected chi connectivity index (χ4v) is 4.29. The molecule has 0 spiro atoms. The second-order valence-electron chi connectivity index (χ2n) is 8.46. The predicted octanol–water partition coefficient (Wildman–Crippen LogP) is 1.98. The fraction of sp³-hybridized carbons (Fsp3) is 0.789. The summed E-state index contributed by atoms with van der Waals surface area (Å²) in [5.74, 6) is -1.89. The van der Waals surface area contributed by atoms with Gasteiger partial charge < -0.3 is 20.1 Å². The van der Waals surface area contributed by atoms with E-state index in [2.05, 4.69) is 10.1 Å². The van der Waals surface area contributed by atoms with E-state index in [4.69, 9.17) is 10.3 Å². The topological polar surface area (TPSA) is 106 Å². The van der Waals surface area contributed by atoms with Crippen molar-refractivity contribution >= 4 is 11.8 Å². The molecule has 4 rings (SSSR count). The first-order valence-corrected chi connectivity index (χ1v) is 10.4. The van der Waals surface area contributed by atoms with Gasteiger partial charge in [0.05, 0.1) is 6.54 Å². The lowest BCUT2D eigenvalue weighted by Crippen LogP contribution is -2.51. The number of amides is 2. The number of nitrogens with zero attached hydrogens (tertiary/aromatic N) is 4. The second-order valence-corrected chi connectivity index (χ2v) is 8.46. The molecule has 0 radical (unpaired) electrons. The molecule has 160 valence electrons. The Kier molecular flexibility index (Phi) is 5.54. The first kappa shape index (κ1) is 20.2. The highest BCUT2D eigenvalue weighted by Crippen LogP contribution is 2.37. The Morgan fingerprint density at radius 1 is 1.31 bits per heavy atom. The molecule has 8 nitrogen and oxygen atoms in total. The van der Waals surface area contributed by atoms with E-state index in [0.717, 1.165) is 30.6 Å². The molecular weight excluding hydrogens is 384 g/mol. The van der Waals surface area contributed by atoms with Crippen LogP contribution in [0.5, 0.6) is 0 Å². The van der Waals surface area contributed by atoms with Crippen LogP contribution in [-0.4, -0.2) is 63.4 Å². The van der Waals surface area contributed by atoms with Gasteiger partial charge in [-0.05, 0) is 25.7 Å². The minimum absolute atomic E-state index is 0.0184. The quantitative estimate of drug-likeness (QED) is 0.767. The van der Waals surface area contributed by atoms with Crippen molar-refractivity contribution in [1.82, 2.24) is 19.9 Å². The first-order valence-electron chi connectivity index (χ1n) is 10.4. The number of halogens is 2. The lowest BCUT2D eigenvalue weighted by Gasteiger charge is -2.34. The zero-order valence-corrected chi connectivity index (χ0v) is 16.4.